The van der Waals surface area contributed by atoms with Crippen LogP contribution < -0.4 is 4.74 Å². The molecule has 48 heavy (non-hydrogen) atoms. The Labute approximate surface area is 301 Å². The Kier molecular flexibility index (Phi) is 13.0. The van der Waals surface area contributed by atoms with Gasteiger partial charge in [0.25, 0.3) is 5.91 Å². The number of carboxylic acid groups (broad SMARTS) is 1. The molecular weight excluding hydrogens is 689 g/mol. The first-order valence-corrected chi connectivity index (χ1v) is 17.8. The molecule has 0 radical (unpaired) electrons. The highest BCUT2D eigenvalue weighted by atomic mass is 35.5. The van der Waals surface area contributed by atoms with Gasteiger partial charge in [-0.1, -0.05) is 65.4 Å². The smallest absolute Gasteiger partial charge is 0.335 e. The zero-order valence-corrected chi connectivity index (χ0v) is 30.2. The number of carbonyl (C=O) groups excluding carboxylic acids is 1. The van der Waals surface area contributed by atoms with Crippen molar-refractivity contribution in [3.8, 4) is 16.9 Å². The second-order valence-corrected chi connectivity index (χ2v) is 14.5. The van der Waals surface area contributed by atoms with E-state index in [1.807, 2.05) is 18.2 Å². The number of hydrogen-bond donors (Lipinski definition) is 1. The number of morpholine rings is 1. The van der Waals surface area contributed by atoms with Crippen molar-refractivity contribution < 1.29 is 24.2 Å². The molecule has 254 valence electrons. The van der Waals surface area contributed by atoms with Crippen molar-refractivity contribution in [2.45, 2.75) is 25.8 Å². The fourth-order valence-corrected chi connectivity index (χ4v) is 7.21. The van der Waals surface area contributed by atoms with Crippen LogP contribution >= 0.6 is 47.2 Å². The summed E-state index contributed by atoms with van der Waals surface area (Å²) in [4.78, 5) is 31.8. The number of halogens is 2. The van der Waals surface area contributed by atoms with Gasteiger partial charge >= 0.3 is 5.97 Å². The molecule has 0 spiro atoms. The molecule has 2 aliphatic heterocycles. The predicted molar refractivity (Wildman–Crippen MR) is 198 cm³/mol. The lowest BCUT2D eigenvalue weighted by atomic mass is 9.96. The lowest BCUT2D eigenvalue weighted by Gasteiger charge is -2.27. The summed E-state index contributed by atoms with van der Waals surface area (Å²) >= 11 is 19.4. The number of nitrogens with zero attached hydrogens (tertiary/aromatic N) is 3. The number of carbonyl (C=O) groups is 2. The van der Waals surface area contributed by atoms with Gasteiger partial charge in [-0.15, -0.1) is 0 Å². The number of aromatic carboxylic acids is 1. The third-order valence-corrected chi connectivity index (χ3v) is 10.3. The Morgan fingerprint density at radius 1 is 1.02 bits per heavy atom. The number of benzene rings is 3. The molecule has 0 aliphatic carbocycles. The van der Waals surface area contributed by atoms with Crippen molar-refractivity contribution in [3.05, 3.63) is 91.8 Å². The number of ether oxygens (including phenoxy) is 2. The van der Waals surface area contributed by atoms with E-state index in [0.29, 0.717) is 64.4 Å². The predicted octanol–water partition coefficient (Wildman–Crippen LogP) is 7.36. The van der Waals surface area contributed by atoms with E-state index in [1.54, 1.807) is 29.2 Å². The molecule has 2 fully saturated rings. The molecule has 1 N–H and O–H groups in total. The molecule has 0 saturated carbocycles. The first-order chi connectivity index (χ1) is 23.1. The first kappa shape index (κ1) is 36.3. The van der Waals surface area contributed by atoms with Crippen LogP contribution in [0, 0.1) is 0 Å². The minimum atomic E-state index is -0.978. The quantitative estimate of drug-likeness (QED) is 0.104. The Morgan fingerprint density at radius 2 is 1.77 bits per heavy atom. The van der Waals surface area contributed by atoms with Gasteiger partial charge in [0.05, 0.1) is 40.3 Å². The minimum absolute atomic E-state index is 0.122. The Hall–Kier alpha value is -2.96. The van der Waals surface area contributed by atoms with E-state index in [4.69, 9.17) is 44.9 Å². The second-order valence-electron chi connectivity index (χ2n) is 12.0. The summed E-state index contributed by atoms with van der Waals surface area (Å²) in [6, 6.07) is 16.8. The lowest BCUT2D eigenvalue weighted by molar-refractivity contribution is -0.122. The summed E-state index contributed by atoms with van der Waals surface area (Å²) in [5.74, 6) is -0.461. The van der Waals surface area contributed by atoms with Gasteiger partial charge in [-0.05, 0) is 105 Å². The van der Waals surface area contributed by atoms with Gasteiger partial charge in [-0.2, -0.15) is 0 Å². The number of aryl methyl sites for hydroxylation is 1. The third-order valence-electron chi connectivity index (χ3n) is 8.20. The highest BCUT2D eigenvalue weighted by Gasteiger charge is 2.32. The normalized spacial score (nSPS) is 16.4. The van der Waals surface area contributed by atoms with Crippen molar-refractivity contribution >= 4 is 69.5 Å². The van der Waals surface area contributed by atoms with Crippen LogP contribution in [-0.4, -0.2) is 96.1 Å². The zero-order valence-electron chi connectivity index (χ0n) is 27.0. The van der Waals surface area contributed by atoms with Crippen LogP contribution in [0.2, 0.25) is 10.0 Å². The molecule has 2 saturated heterocycles. The van der Waals surface area contributed by atoms with E-state index >= 15 is 0 Å². The zero-order chi connectivity index (χ0) is 34.2. The summed E-state index contributed by atoms with van der Waals surface area (Å²) in [6.07, 6.45) is 4.35. The van der Waals surface area contributed by atoms with E-state index in [2.05, 4.69) is 42.1 Å². The van der Waals surface area contributed by atoms with Crippen molar-refractivity contribution in [2.24, 2.45) is 0 Å². The Balaban J connectivity index is 1.27. The van der Waals surface area contributed by atoms with Crippen LogP contribution in [0.5, 0.6) is 5.75 Å². The number of rotatable bonds is 14. The maximum Gasteiger partial charge on any atom is 0.335 e. The number of hydrogen-bond acceptors (Lipinski definition) is 8. The number of carboxylic acids is 1. The standard InChI is InChI=1S/C36H39Cl2N3O5S2/c1-39(2)12-3-5-24-6-7-25(26-8-10-30(37)31(38)21-26)19-28(24)22-33-34(42)41(36(47)48-33)13-4-16-46-32-11-9-27(35(43)44)20-29(32)23-40-14-17-45-18-15-40/h6-11,19-22H,3-5,12-18,23H2,1-2H3,(H,43,44). The number of thioether (sulfide) groups is 1. The molecule has 5 rings (SSSR count). The number of amides is 1. The average molecular weight is 729 g/mol. The highest BCUT2D eigenvalue weighted by molar-refractivity contribution is 8.26. The van der Waals surface area contributed by atoms with Gasteiger partial charge in [0.1, 0.15) is 10.1 Å². The van der Waals surface area contributed by atoms with Crippen molar-refractivity contribution in [1.29, 1.82) is 0 Å². The van der Waals surface area contributed by atoms with E-state index in [0.717, 1.165) is 60.3 Å². The highest BCUT2D eigenvalue weighted by Crippen LogP contribution is 2.35. The van der Waals surface area contributed by atoms with Crippen LogP contribution in [0.25, 0.3) is 17.2 Å². The number of thiocarbonyl (C=S) groups is 1. The van der Waals surface area contributed by atoms with E-state index in [-0.39, 0.29) is 11.5 Å². The third kappa shape index (κ3) is 9.59. The Morgan fingerprint density at radius 3 is 2.50 bits per heavy atom. The van der Waals surface area contributed by atoms with Crippen LogP contribution in [0.15, 0.2) is 59.5 Å². The molecule has 0 aromatic heterocycles. The Bertz CT molecular complexity index is 1690. The molecule has 0 atom stereocenters. The summed E-state index contributed by atoms with van der Waals surface area (Å²) in [6.45, 7) is 5.12. The van der Waals surface area contributed by atoms with Crippen LogP contribution in [0.4, 0.5) is 0 Å². The van der Waals surface area contributed by atoms with E-state index in [9.17, 15) is 14.7 Å². The van der Waals surface area contributed by atoms with Gasteiger partial charge in [0.15, 0.2) is 0 Å². The fourth-order valence-electron chi connectivity index (χ4n) is 5.61. The summed E-state index contributed by atoms with van der Waals surface area (Å²) in [5.41, 5.74) is 5.08. The first-order valence-electron chi connectivity index (χ1n) is 15.9. The van der Waals surface area contributed by atoms with Gasteiger partial charge in [-0.25, -0.2) is 4.79 Å². The van der Waals surface area contributed by atoms with Crippen LogP contribution in [-0.2, 0) is 22.5 Å². The molecule has 2 aliphatic rings. The lowest BCUT2D eigenvalue weighted by Crippen LogP contribution is -2.35. The molecule has 8 nitrogen and oxygen atoms in total. The molecule has 12 heteroatoms. The molecule has 2 heterocycles. The average Bonchev–Trinajstić information content (AvgIpc) is 3.33. The molecule has 3 aromatic carbocycles. The topological polar surface area (TPSA) is 82.6 Å². The van der Waals surface area contributed by atoms with Gasteiger partial charge in [0.2, 0.25) is 0 Å². The maximum absolute atomic E-state index is 13.6. The monoisotopic (exact) mass is 727 g/mol. The minimum Gasteiger partial charge on any atom is -0.493 e. The molecule has 1 amide bonds. The molecule has 0 bridgehead atoms. The van der Waals surface area contributed by atoms with Crippen molar-refractivity contribution in [2.75, 3.05) is 60.1 Å². The largest absolute Gasteiger partial charge is 0.493 e. The summed E-state index contributed by atoms with van der Waals surface area (Å²) in [7, 11) is 4.12. The molecule has 0 unspecified atom stereocenters. The summed E-state index contributed by atoms with van der Waals surface area (Å²) < 4.78 is 12.1. The second kappa shape index (κ2) is 17.1. The fraction of sp³-hybridized carbons (Fsp3) is 0.361. The van der Waals surface area contributed by atoms with E-state index in [1.165, 1.54) is 11.8 Å². The summed E-state index contributed by atoms with van der Waals surface area (Å²) in [5, 5.41) is 10.5. The van der Waals surface area contributed by atoms with Crippen LogP contribution in [0.1, 0.15) is 39.9 Å². The van der Waals surface area contributed by atoms with Gasteiger partial charge in [0, 0.05) is 31.7 Å². The van der Waals surface area contributed by atoms with Crippen molar-refractivity contribution in [1.82, 2.24) is 14.7 Å². The van der Waals surface area contributed by atoms with E-state index < -0.39 is 5.97 Å². The van der Waals surface area contributed by atoms with Gasteiger partial charge < -0.3 is 19.5 Å². The van der Waals surface area contributed by atoms with Crippen LogP contribution in [0.3, 0.4) is 0 Å². The molecular formula is C36H39Cl2N3O5S2. The SMILES string of the molecule is CN(C)CCCc1ccc(-c2ccc(Cl)c(Cl)c2)cc1C=C1SC(=S)N(CCCOc2ccc(C(=O)O)cc2CN2CCOCC2)C1=O. The van der Waals surface area contributed by atoms with Gasteiger partial charge in [-0.3, -0.25) is 14.6 Å². The van der Waals surface area contributed by atoms with Crippen molar-refractivity contribution in [3.63, 3.8) is 0 Å². The maximum atomic E-state index is 13.6. The molecule has 3 aromatic rings.